The van der Waals surface area contributed by atoms with E-state index in [9.17, 15) is 17.6 Å². The summed E-state index contributed by atoms with van der Waals surface area (Å²) in [6.45, 7) is 0. The zero-order valence-electron chi connectivity index (χ0n) is 12.5. The Hall–Kier alpha value is -2.78. The number of thiol groups is 1. The van der Waals surface area contributed by atoms with Gasteiger partial charge in [-0.05, 0) is 48.5 Å². The number of nitrogens with zero attached hydrogens (tertiary/aromatic N) is 2. The molecule has 0 bridgehead atoms. The Morgan fingerprint density at radius 2 is 1.72 bits per heavy atom. The number of aromatic carboxylic acids is 1. The quantitative estimate of drug-likeness (QED) is 0.665. The van der Waals surface area contributed by atoms with Gasteiger partial charge in [0.1, 0.15) is 15.8 Å². The molecule has 128 valence electrons. The molecule has 0 atom stereocenters. The number of carboxylic acids is 1. The van der Waals surface area contributed by atoms with Gasteiger partial charge in [-0.25, -0.2) is 26.9 Å². The highest BCUT2D eigenvalue weighted by Crippen LogP contribution is 2.35. The first-order chi connectivity index (χ1) is 12.0. The lowest BCUT2D eigenvalue weighted by atomic mass is 10.2. The van der Waals surface area contributed by atoms with E-state index in [2.05, 4.69) is 4.98 Å². The molecule has 0 aliphatic rings. The van der Waals surface area contributed by atoms with Crippen LogP contribution >= 0.6 is 11.3 Å². The Balaban J connectivity index is 1.96. The predicted molar refractivity (Wildman–Crippen MR) is 93.4 cm³/mol. The Labute approximate surface area is 147 Å². The maximum absolute atomic E-state index is 13.0. The lowest BCUT2D eigenvalue weighted by Crippen LogP contribution is -2.13. The molecule has 2 aromatic carbocycles. The molecule has 3 rings (SSSR count). The van der Waals surface area contributed by atoms with Crippen LogP contribution in [0, 0.1) is 5.82 Å². The lowest BCUT2D eigenvalue weighted by molar-refractivity contribution is 0.0697. The van der Waals surface area contributed by atoms with Crippen LogP contribution in [-0.4, -0.2) is 24.5 Å². The summed E-state index contributed by atoms with van der Waals surface area (Å²) in [7, 11) is -3.01. The maximum atomic E-state index is 13.0. The SMILES string of the molecule is O=C(O)c1ccc(N(c2cnc(-c3ccc(F)cc3)s2)[SH](=O)=O)cc1. The van der Waals surface area contributed by atoms with Crippen molar-refractivity contribution in [2.75, 3.05) is 4.31 Å². The molecule has 0 saturated carbocycles. The summed E-state index contributed by atoms with van der Waals surface area (Å²) in [6.07, 6.45) is 1.40. The molecule has 0 amide bonds. The van der Waals surface area contributed by atoms with Gasteiger partial charge in [-0.3, -0.25) is 0 Å². The van der Waals surface area contributed by atoms with Crippen molar-refractivity contribution in [3.63, 3.8) is 0 Å². The minimum Gasteiger partial charge on any atom is -0.478 e. The fourth-order valence-electron chi connectivity index (χ4n) is 2.14. The van der Waals surface area contributed by atoms with Gasteiger partial charge in [0.2, 0.25) is 10.9 Å². The second-order valence-electron chi connectivity index (χ2n) is 4.91. The summed E-state index contributed by atoms with van der Waals surface area (Å²) in [4.78, 5) is 15.1. The van der Waals surface area contributed by atoms with Gasteiger partial charge in [0, 0.05) is 5.56 Å². The van der Waals surface area contributed by atoms with Crippen LogP contribution in [0.1, 0.15) is 10.4 Å². The van der Waals surface area contributed by atoms with Gasteiger partial charge in [0.05, 0.1) is 17.4 Å². The first kappa shape index (κ1) is 17.1. The molecule has 0 aliphatic carbocycles. The van der Waals surface area contributed by atoms with Crippen LogP contribution in [0.15, 0.2) is 54.7 Å². The number of hydrogen-bond donors (Lipinski definition) is 2. The molecule has 0 aliphatic heterocycles. The molecule has 0 spiro atoms. The number of carbonyl (C=O) groups is 1. The molecular formula is C16H11FN2O4S2. The largest absolute Gasteiger partial charge is 0.478 e. The van der Waals surface area contributed by atoms with Gasteiger partial charge >= 0.3 is 5.97 Å². The fraction of sp³-hybridized carbons (Fsp3) is 0. The molecule has 3 aromatic rings. The maximum Gasteiger partial charge on any atom is 0.335 e. The Bertz CT molecular complexity index is 974. The van der Waals surface area contributed by atoms with Gasteiger partial charge in [0.25, 0.3) is 0 Å². The molecule has 1 aromatic heterocycles. The Kier molecular flexibility index (Phi) is 4.77. The van der Waals surface area contributed by atoms with Crippen molar-refractivity contribution in [2.45, 2.75) is 0 Å². The molecule has 6 nitrogen and oxygen atoms in total. The van der Waals surface area contributed by atoms with Gasteiger partial charge in [-0.2, -0.15) is 0 Å². The topological polar surface area (TPSA) is 87.6 Å². The van der Waals surface area contributed by atoms with Crippen molar-refractivity contribution in [3.8, 4) is 10.6 Å². The molecule has 1 N–H and O–H groups in total. The number of carboxylic acid groups (broad SMARTS) is 1. The number of halogens is 1. The zero-order valence-corrected chi connectivity index (χ0v) is 14.2. The number of aromatic nitrogens is 1. The highest BCUT2D eigenvalue weighted by atomic mass is 32.2. The Morgan fingerprint density at radius 3 is 2.28 bits per heavy atom. The van der Waals surface area contributed by atoms with Gasteiger partial charge in [-0.1, -0.05) is 11.3 Å². The first-order valence-electron chi connectivity index (χ1n) is 6.95. The number of benzene rings is 2. The van der Waals surface area contributed by atoms with Crippen LogP contribution in [0.25, 0.3) is 10.6 Å². The smallest absolute Gasteiger partial charge is 0.335 e. The van der Waals surface area contributed by atoms with Crippen molar-refractivity contribution >= 4 is 38.9 Å². The molecule has 1 heterocycles. The second-order valence-corrected chi connectivity index (χ2v) is 6.80. The van der Waals surface area contributed by atoms with Crippen LogP contribution < -0.4 is 4.31 Å². The van der Waals surface area contributed by atoms with E-state index in [1.807, 2.05) is 0 Å². The summed E-state index contributed by atoms with van der Waals surface area (Å²) in [5.41, 5.74) is 1.02. The third kappa shape index (κ3) is 3.67. The molecular weight excluding hydrogens is 367 g/mol. The monoisotopic (exact) mass is 378 g/mol. The number of hydrogen-bond acceptors (Lipinski definition) is 5. The van der Waals surface area contributed by atoms with Crippen molar-refractivity contribution in [2.24, 2.45) is 0 Å². The average Bonchev–Trinajstić information content (AvgIpc) is 3.05. The minimum absolute atomic E-state index is 0.0566. The summed E-state index contributed by atoms with van der Waals surface area (Å²) >= 11 is 1.13. The highest BCUT2D eigenvalue weighted by Gasteiger charge is 2.16. The summed E-state index contributed by atoms with van der Waals surface area (Å²) in [5.74, 6) is -1.47. The molecule has 9 heteroatoms. The molecule has 0 saturated heterocycles. The highest BCUT2D eigenvalue weighted by molar-refractivity contribution is 7.74. The third-order valence-electron chi connectivity index (χ3n) is 3.32. The van der Waals surface area contributed by atoms with E-state index in [4.69, 9.17) is 5.11 Å². The standard InChI is InChI=1S/C16H11FN2O4S2/c17-12-5-1-10(2-6-12)15-18-9-14(24-15)19(25(22)23)13-7-3-11(4-8-13)16(20)21/h1-9,25H,(H,20,21). The fourth-order valence-corrected chi connectivity index (χ4v) is 3.85. The predicted octanol–water partition coefficient (Wildman–Crippen LogP) is 3.31. The molecule has 25 heavy (non-hydrogen) atoms. The van der Waals surface area contributed by atoms with Gasteiger partial charge < -0.3 is 5.11 Å². The Morgan fingerprint density at radius 1 is 1.08 bits per heavy atom. The minimum atomic E-state index is -3.01. The summed E-state index contributed by atoms with van der Waals surface area (Å²) < 4.78 is 37.4. The van der Waals surface area contributed by atoms with Crippen LogP contribution in [0.5, 0.6) is 0 Å². The number of thiazole rings is 1. The summed E-state index contributed by atoms with van der Waals surface area (Å²) in [6, 6.07) is 11.2. The summed E-state index contributed by atoms with van der Waals surface area (Å²) in [5, 5.41) is 9.81. The van der Waals surface area contributed by atoms with Crippen molar-refractivity contribution in [1.82, 2.24) is 4.98 Å². The first-order valence-corrected chi connectivity index (χ1v) is 8.90. The number of rotatable bonds is 5. The van der Waals surface area contributed by atoms with Crippen LogP contribution in [0.2, 0.25) is 0 Å². The van der Waals surface area contributed by atoms with Crippen molar-refractivity contribution in [1.29, 1.82) is 0 Å². The zero-order chi connectivity index (χ0) is 18.0. The van der Waals surface area contributed by atoms with Gasteiger partial charge in [-0.15, -0.1) is 0 Å². The van der Waals surface area contributed by atoms with Crippen LogP contribution in [-0.2, 0) is 10.9 Å². The van der Waals surface area contributed by atoms with E-state index in [1.54, 1.807) is 12.1 Å². The van der Waals surface area contributed by atoms with E-state index >= 15 is 0 Å². The number of anilines is 2. The van der Waals surface area contributed by atoms with E-state index in [1.165, 1.54) is 42.6 Å². The second kappa shape index (κ2) is 6.99. The van der Waals surface area contributed by atoms with E-state index < -0.39 is 16.9 Å². The van der Waals surface area contributed by atoms with Crippen LogP contribution in [0.3, 0.4) is 0 Å². The van der Waals surface area contributed by atoms with E-state index in [-0.39, 0.29) is 11.4 Å². The third-order valence-corrected chi connectivity index (χ3v) is 5.26. The van der Waals surface area contributed by atoms with Crippen molar-refractivity contribution in [3.05, 3.63) is 66.1 Å². The van der Waals surface area contributed by atoms with Crippen molar-refractivity contribution < 1.29 is 22.7 Å². The van der Waals surface area contributed by atoms with Crippen LogP contribution in [0.4, 0.5) is 15.1 Å². The normalized spacial score (nSPS) is 10.8. The van der Waals surface area contributed by atoms with Gasteiger partial charge in [0.15, 0.2) is 0 Å². The lowest BCUT2D eigenvalue weighted by Gasteiger charge is -2.14. The van der Waals surface area contributed by atoms with E-state index in [0.717, 1.165) is 15.6 Å². The molecule has 0 unspecified atom stereocenters. The van der Waals surface area contributed by atoms with E-state index in [0.29, 0.717) is 21.3 Å². The molecule has 0 radical (unpaired) electrons. The average molecular weight is 378 g/mol. The molecule has 0 fully saturated rings.